The minimum Gasteiger partial charge on any atom is -0.302 e. The van der Waals surface area contributed by atoms with Gasteiger partial charge in [0, 0.05) is 16.4 Å². The molecule has 0 unspecified atom stereocenters. The number of aromatic nitrogens is 1. The molecule has 1 heterocycles. The van der Waals surface area contributed by atoms with Crippen LogP contribution in [0.1, 0.15) is 30.6 Å². The van der Waals surface area contributed by atoms with Gasteiger partial charge in [-0.15, -0.1) is 11.3 Å². The molecule has 2 bridgehead atoms. The number of amides is 1. The zero-order valence-electron chi connectivity index (χ0n) is 12.7. The van der Waals surface area contributed by atoms with Crippen LogP contribution in [0, 0.1) is 24.7 Å². The van der Waals surface area contributed by atoms with Gasteiger partial charge in [0.1, 0.15) is 0 Å². The summed E-state index contributed by atoms with van der Waals surface area (Å²) >= 11 is 1.57. The summed E-state index contributed by atoms with van der Waals surface area (Å²) in [6.45, 7) is 2.06. The van der Waals surface area contributed by atoms with Gasteiger partial charge in [-0.05, 0) is 38.0 Å². The van der Waals surface area contributed by atoms with Crippen molar-refractivity contribution in [1.82, 2.24) is 4.98 Å². The highest BCUT2D eigenvalue weighted by atomic mass is 32.1. The van der Waals surface area contributed by atoms with E-state index in [1.807, 2.05) is 18.2 Å². The summed E-state index contributed by atoms with van der Waals surface area (Å²) in [6, 6.07) is 10.2. The molecule has 2 aliphatic carbocycles. The molecule has 0 spiro atoms. The first-order chi connectivity index (χ1) is 10.7. The van der Waals surface area contributed by atoms with Gasteiger partial charge >= 0.3 is 0 Å². The molecule has 1 amide bonds. The molecule has 0 aliphatic heterocycles. The van der Waals surface area contributed by atoms with Gasteiger partial charge in [0.05, 0.1) is 5.69 Å². The fraction of sp³-hybridized carbons (Fsp3) is 0.444. The Balaban J connectivity index is 1.51. The van der Waals surface area contributed by atoms with Crippen LogP contribution in [0.4, 0.5) is 5.13 Å². The lowest BCUT2D eigenvalue weighted by Crippen LogP contribution is -2.27. The molecule has 3 atom stereocenters. The van der Waals surface area contributed by atoms with E-state index in [1.54, 1.807) is 11.3 Å². The molecule has 1 aromatic carbocycles. The number of nitrogens with zero attached hydrogens (tertiary/aromatic N) is 1. The van der Waals surface area contributed by atoms with Crippen LogP contribution in [0.25, 0.3) is 11.3 Å². The number of hydrogen-bond donors (Lipinski definition) is 1. The van der Waals surface area contributed by atoms with Crippen LogP contribution >= 0.6 is 11.3 Å². The van der Waals surface area contributed by atoms with Crippen LogP contribution in [0.2, 0.25) is 0 Å². The van der Waals surface area contributed by atoms with Crippen LogP contribution in [0.5, 0.6) is 0 Å². The normalized spacial score (nSPS) is 26.3. The smallest absolute Gasteiger partial charge is 0.229 e. The zero-order valence-corrected chi connectivity index (χ0v) is 13.5. The van der Waals surface area contributed by atoms with Crippen LogP contribution in [0.3, 0.4) is 0 Å². The maximum atomic E-state index is 12.5. The predicted octanol–water partition coefficient (Wildman–Crippen LogP) is 4.49. The number of benzene rings is 1. The van der Waals surface area contributed by atoms with E-state index in [9.17, 15) is 4.79 Å². The average molecular weight is 312 g/mol. The Morgan fingerprint density at radius 2 is 2.05 bits per heavy atom. The Morgan fingerprint density at radius 1 is 1.23 bits per heavy atom. The summed E-state index contributed by atoms with van der Waals surface area (Å²) in [5, 5.41) is 3.81. The molecule has 3 nitrogen and oxygen atoms in total. The van der Waals surface area contributed by atoms with Crippen molar-refractivity contribution in [1.29, 1.82) is 0 Å². The Hall–Kier alpha value is -1.68. The standard InChI is InChI=1S/C18H20N2OS/c1-11-16(13-5-3-2-4-6-13)19-18(22-11)20-17(21)15-10-12-7-8-14(15)9-12/h2-6,12,14-15H,7-10H2,1H3,(H,19,20,21)/t12-,14+,15+/m1/s1. The van der Waals surface area contributed by atoms with Crippen molar-refractivity contribution in [2.75, 3.05) is 5.32 Å². The molecule has 22 heavy (non-hydrogen) atoms. The number of fused-ring (bicyclic) bond motifs is 2. The van der Waals surface area contributed by atoms with Crippen molar-refractivity contribution in [2.45, 2.75) is 32.6 Å². The molecule has 114 valence electrons. The van der Waals surface area contributed by atoms with Crippen LogP contribution < -0.4 is 5.32 Å². The third-order valence-corrected chi connectivity index (χ3v) is 6.04. The van der Waals surface area contributed by atoms with E-state index in [1.165, 1.54) is 19.3 Å². The Labute approximate surface area is 134 Å². The largest absolute Gasteiger partial charge is 0.302 e. The Bertz CT molecular complexity index is 694. The number of nitrogens with one attached hydrogen (secondary N) is 1. The van der Waals surface area contributed by atoms with Crippen molar-refractivity contribution in [2.24, 2.45) is 17.8 Å². The molecule has 2 saturated carbocycles. The second kappa shape index (κ2) is 5.51. The van der Waals surface area contributed by atoms with Crippen molar-refractivity contribution >= 4 is 22.4 Å². The number of hydrogen-bond acceptors (Lipinski definition) is 3. The highest BCUT2D eigenvalue weighted by molar-refractivity contribution is 7.16. The molecular weight excluding hydrogens is 292 g/mol. The third kappa shape index (κ3) is 2.45. The van der Waals surface area contributed by atoms with E-state index >= 15 is 0 Å². The fourth-order valence-electron chi connectivity index (χ4n) is 4.08. The first kappa shape index (κ1) is 13.9. The van der Waals surface area contributed by atoms with Gasteiger partial charge in [-0.25, -0.2) is 4.98 Å². The Kier molecular flexibility index (Phi) is 3.49. The van der Waals surface area contributed by atoms with Gasteiger partial charge in [0.15, 0.2) is 5.13 Å². The molecule has 2 aliphatic rings. The van der Waals surface area contributed by atoms with Gasteiger partial charge in [-0.2, -0.15) is 0 Å². The van der Waals surface area contributed by atoms with E-state index < -0.39 is 0 Å². The van der Waals surface area contributed by atoms with Gasteiger partial charge in [0.25, 0.3) is 0 Å². The van der Waals surface area contributed by atoms with Gasteiger partial charge in [0.2, 0.25) is 5.91 Å². The molecule has 0 saturated heterocycles. The summed E-state index contributed by atoms with van der Waals surface area (Å²) in [7, 11) is 0. The number of thiazole rings is 1. The maximum absolute atomic E-state index is 12.5. The number of anilines is 1. The van der Waals surface area contributed by atoms with Crippen LogP contribution in [-0.4, -0.2) is 10.9 Å². The highest BCUT2D eigenvalue weighted by Gasteiger charge is 2.43. The zero-order chi connectivity index (χ0) is 15.1. The van der Waals surface area contributed by atoms with E-state index in [-0.39, 0.29) is 11.8 Å². The lowest BCUT2D eigenvalue weighted by molar-refractivity contribution is -0.121. The second-order valence-corrected chi connectivity index (χ2v) is 7.76. The van der Waals surface area contributed by atoms with E-state index in [4.69, 9.17) is 0 Å². The molecule has 2 aromatic rings. The van der Waals surface area contributed by atoms with Crippen molar-refractivity contribution in [3.8, 4) is 11.3 Å². The Morgan fingerprint density at radius 3 is 2.73 bits per heavy atom. The first-order valence-corrected chi connectivity index (χ1v) is 8.86. The van der Waals surface area contributed by atoms with Crippen LogP contribution in [-0.2, 0) is 4.79 Å². The van der Waals surface area contributed by atoms with E-state index in [0.29, 0.717) is 5.92 Å². The molecule has 2 fully saturated rings. The molecule has 0 radical (unpaired) electrons. The SMILES string of the molecule is Cc1sc(NC(=O)[C@H]2C[C@@H]3CC[C@H]2C3)nc1-c1ccccc1. The maximum Gasteiger partial charge on any atom is 0.229 e. The highest BCUT2D eigenvalue weighted by Crippen LogP contribution is 2.48. The quantitative estimate of drug-likeness (QED) is 0.907. The minimum absolute atomic E-state index is 0.181. The molecule has 1 N–H and O–H groups in total. The summed E-state index contributed by atoms with van der Waals surface area (Å²) in [5.74, 6) is 1.79. The van der Waals surface area contributed by atoms with E-state index in [0.717, 1.165) is 33.6 Å². The molecule has 4 rings (SSSR count). The van der Waals surface area contributed by atoms with Crippen LogP contribution in [0.15, 0.2) is 30.3 Å². The van der Waals surface area contributed by atoms with Crippen molar-refractivity contribution in [3.63, 3.8) is 0 Å². The third-order valence-electron chi connectivity index (χ3n) is 5.15. The lowest BCUT2D eigenvalue weighted by atomic mass is 9.88. The minimum atomic E-state index is 0.181. The number of rotatable bonds is 3. The lowest BCUT2D eigenvalue weighted by Gasteiger charge is -2.19. The number of aryl methyl sites for hydroxylation is 1. The predicted molar refractivity (Wildman–Crippen MR) is 89.9 cm³/mol. The van der Waals surface area contributed by atoms with E-state index in [2.05, 4.69) is 29.4 Å². The van der Waals surface area contributed by atoms with Gasteiger partial charge in [-0.3, -0.25) is 4.79 Å². The van der Waals surface area contributed by atoms with Gasteiger partial charge < -0.3 is 5.32 Å². The number of carbonyl (C=O) groups excluding carboxylic acids is 1. The van der Waals surface area contributed by atoms with Gasteiger partial charge in [-0.1, -0.05) is 36.8 Å². The average Bonchev–Trinajstić information content (AvgIpc) is 3.23. The molecule has 1 aromatic heterocycles. The summed E-state index contributed by atoms with van der Waals surface area (Å²) in [6.07, 6.45) is 4.88. The molecule has 4 heteroatoms. The monoisotopic (exact) mass is 312 g/mol. The summed E-state index contributed by atoms with van der Waals surface area (Å²) in [5.41, 5.74) is 2.09. The summed E-state index contributed by atoms with van der Waals surface area (Å²) < 4.78 is 0. The fourth-order valence-corrected chi connectivity index (χ4v) is 4.92. The van der Waals surface area contributed by atoms with Crippen molar-refractivity contribution < 1.29 is 4.79 Å². The topological polar surface area (TPSA) is 42.0 Å². The number of carbonyl (C=O) groups is 1. The van der Waals surface area contributed by atoms with Crippen molar-refractivity contribution in [3.05, 3.63) is 35.2 Å². The second-order valence-electron chi connectivity index (χ2n) is 6.56. The summed E-state index contributed by atoms with van der Waals surface area (Å²) in [4.78, 5) is 18.3. The molecular formula is C18H20N2OS. The first-order valence-electron chi connectivity index (χ1n) is 8.04.